The minimum Gasteiger partial charge on any atom is -0.359 e. The van der Waals surface area contributed by atoms with Crippen molar-refractivity contribution in [3.8, 4) is 22.5 Å². The van der Waals surface area contributed by atoms with Gasteiger partial charge in [0.15, 0.2) is 11.7 Å². The number of H-pyrrole nitrogens is 1. The summed E-state index contributed by atoms with van der Waals surface area (Å²) in [5.74, 6) is -0.896. The number of aromatic nitrogens is 3. The Hall–Kier alpha value is -3.03. The highest BCUT2D eigenvalue weighted by Gasteiger charge is 2.51. The number of benzene rings is 2. The van der Waals surface area contributed by atoms with Crippen molar-refractivity contribution in [3.05, 3.63) is 60.4 Å². The van der Waals surface area contributed by atoms with Crippen LogP contribution in [-0.2, 0) is 6.54 Å². The van der Waals surface area contributed by atoms with Crippen LogP contribution in [0.2, 0.25) is 0 Å². The molecule has 0 saturated carbocycles. The Bertz CT molecular complexity index is 1140. The van der Waals surface area contributed by atoms with E-state index >= 15 is 0 Å². The molecule has 1 aliphatic heterocycles. The van der Waals surface area contributed by atoms with Gasteiger partial charge in [0.05, 0.1) is 12.1 Å². The van der Waals surface area contributed by atoms with Crippen LogP contribution in [0.3, 0.4) is 0 Å². The molecule has 0 spiro atoms. The van der Waals surface area contributed by atoms with Gasteiger partial charge in [-0.25, -0.2) is 4.98 Å². The van der Waals surface area contributed by atoms with E-state index in [0.29, 0.717) is 18.8 Å². The van der Waals surface area contributed by atoms with Crippen LogP contribution in [-0.4, -0.2) is 54.0 Å². The van der Waals surface area contributed by atoms with E-state index in [1.807, 2.05) is 59.7 Å². The lowest BCUT2D eigenvalue weighted by Gasteiger charge is -2.42. The Balaban J connectivity index is 0.00000176. The highest BCUT2D eigenvalue weighted by atomic mass is 16.5. The molecule has 0 aliphatic carbocycles. The first-order valence-corrected chi connectivity index (χ1v) is 13.0. The van der Waals surface area contributed by atoms with E-state index in [4.69, 9.17) is 4.99 Å². The molecule has 2 unspecified atom stereocenters. The SMILES string of the molecule is CC.CCC1C(C)N=C(C(O)(O)C(C)(C)CC)N1Cc1ccc(-c2ccccc2-c2ncn[nH]2)cc1. The van der Waals surface area contributed by atoms with Crippen LogP contribution in [0.5, 0.6) is 0 Å². The Morgan fingerprint density at radius 2 is 1.61 bits per heavy atom. The van der Waals surface area contributed by atoms with Crippen LogP contribution < -0.4 is 0 Å². The molecule has 2 heterocycles. The minimum atomic E-state index is -2.00. The van der Waals surface area contributed by atoms with Crippen LogP contribution in [0, 0.1) is 5.41 Å². The Morgan fingerprint density at radius 3 is 2.17 bits per heavy atom. The highest BCUT2D eigenvalue weighted by Crippen LogP contribution is 2.38. The second kappa shape index (κ2) is 11.4. The number of hydrogen-bond donors (Lipinski definition) is 3. The monoisotopic (exact) mass is 491 g/mol. The van der Waals surface area contributed by atoms with Crippen molar-refractivity contribution < 1.29 is 10.2 Å². The normalized spacial score (nSPS) is 18.0. The maximum absolute atomic E-state index is 11.2. The van der Waals surface area contributed by atoms with Crippen molar-refractivity contribution in [2.45, 2.75) is 85.7 Å². The second-order valence-electron chi connectivity index (χ2n) is 9.78. The van der Waals surface area contributed by atoms with Gasteiger partial charge >= 0.3 is 0 Å². The number of aliphatic imine (C=N–C) groups is 1. The fourth-order valence-corrected chi connectivity index (χ4v) is 4.63. The summed E-state index contributed by atoms with van der Waals surface area (Å²) in [5, 5.41) is 29.3. The summed E-state index contributed by atoms with van der Waals surface area (Å²) in [6.07, 6.45) is 3.01. The van der Waals surface area contributed by atoms with Gasteiger partial charge in [0.2, 0.25) is 5.79 Å². The molecule has 3 aromatic rings. The van der Waals surface area contributed by atoms with Gasteiger partial charge in [0, 0.05) is 17.5 Å². The molecule has 36 heavy (non-hydrogen) atoms. The van der Waals surface area contributed by atoms with Gasteiger partial charge < -0.3 is 15.1 Å². The number of rotatable bonds is 8. The molecule has 2 aromatic carbocycles. The summed E-state index contributed by atoms with van der Waals surface area (Å²) in [7, 11) is 0. The molecule has 0 saturated heterocycles. The lowest BCUT2D eigenvalue weighted by Crippen LogP contribution is -2.57. The summed E-state index contributed by atoms with van der Waals surface area (Å²) >= 11 is 0. The maximum Gasteiger partial charge on any atom is 0.228 e. The quantitative estimate of drug-likeness (QED) is 0.353. The lowest BCUT2D eigenvalue weighted by atomic mass is 9.79. The minimum absolute atomic E-state index is 0.000568. The standard InChI is InChI=1S/C27H35N5O2.C2H6/c1-6-23-18(3)30-25(27(33,34)26(4,5)7-2)32(23)16-19-12-14-20(15-13-19)21-10-8-9-11-22(21)24-28-17-29-31-24;1-2/h8-15,17-18,23,33-34H,6-7,16H2,1-5H3,(H,28,29,31);1-2H3. The van der Waals surface area contributed by atoms with Crippen molar-refractivity contribution in [2.75, 3.05) is 0 Å². The van der Waals surface area contributed by atoms with Crippen molar-refractivity contribution in [3.63, 3.8) is 0 Å². The fraction of sp³-hybridized carbons (Fsp3) is 0.483. The number of amidine groups is 1. The highest BCUT2D eigenvalue weighted by molar-refractivity contribution is 5.91. The van der Waals surface area contributed by atoms with Crippen molar-refractivity contribution >= 4 is 5.84 Å². The van der Waals surface area contributed by atoms with Gasteiger partial charge in [-0.15, -0.1) is 0 Å². The summed E-state index contributed by atoms with van der Waals surface area (Å²) in [6.45, 7) is 14.5. The van der Waals surface area contributed by atoms with Crippen LogP contribution in [0.4, 0.5) is 0 Å². The molecule has 0 amide bonds. The van der Waals surface area contributed by atoms with E-state index in [0.717, 1.165) is 34.5 Å². The van der Waals surface area contributed by atoms with Crippen LogP contribution in [0.15, 0.2) is 59.9 Å². The third-order valence-corrected chi connectivity index (χ3v) is 7.33. The van der Waals surface area contributed by atoms with Gasteiger partial charge in [-0.3, -0.25) is 10.1 Å². The third-order valence-electron chi connectivity index (χ3n) is 7.33. The predicted molar refractivity (Wildman–Crippen MR) is 146 cm³/mol. The predicted octanol–water partition coefficient (Wildman–Crippen LogP) is 5.66. The van der Waals surface area contributed by atoms with E-state index in [1.54, 1.807) is 0 Å². The van der Waals surface area contributed by atoms with Gasteiger partial charge in [-0.2, -0.15) is 5.10 Å². The van der Waals surface area contributed by atoms with Crippen LogP contribution >= 0.6 is 0 Å². The van der Waals surface area contributed by atoms with Gasteiger partial charge in [-0.1, -0.05) is 90.1 Å². The first-order chi connectivity index (χ1) is 17.2. The Kier molecular flexibility index (Phi) is 8.69. The summed E-state index contributed by atoms with van der Waals surface area (Å²) in [6, 6.07) is 16.6. The smallest absolute Gasteiger partial charge is 0.228 e. The average molecular weight is 492 g/mol. The van der Waals surface area contributed by atoms with Gasteiger partial charge in [0.1, 0.15) is 6.33 Å². The summed E-state index contributed by atoms with van der Waals surface area (Å²) < 4.78 is 0. The molecule has 0 radical (unpaired) electrons. The van der Waals surface area contributed by atoms with E-state index in [9.17, 15) is 10.2 Å². The van der Waals surface area contributed by atoms with E-state index < -0.39 is 11.2 Å². The van der Waals surface area contributed by atoms with Crippen molar-refractivity contribution in [1.82, 2.24) is 20.1 Å². The number of nitrogens with zero attached hydrogens (tertiary/aromatic N) is 4. The zero-order chi connectivity index (χ0) is 26.5. The molecule has 0 fully saturated rings. The molecule has 3 N–H and O–H groups in total. The number of hydrogen-bond acceptors (Lipinski definition) is 6. The molecule has 4 rings (SSSR count). The van der Waals surface area contributed by atoms with Gasteiger partial charge in [-0.05, 0) is 36.5 Å². The van der Waals surface area contributed by atoms with E-state index in [-0.39, 0.29) is 12.1 Å². The molecule has 2 atom stereocenters. The average Bonchev–Trinajstić information content (AvgIpc) is 3.54. The Labute approximate surface area is 215 Å². The van der Waals surface area contributed by atoms with E-state index in [2.05, 4.69) is 57.3 Å². The third kappa shape index (κ3) is 5.22. The molecular weight excluding hydrogens is 450 g/mol. The topological polar surface area (TPSA) is 97.6 Å². The fourth-order valence-electron chi connectivity index (χ4n) is 4.63. The molecule has 7 nitrogen and oxygen atoms in total. The second-order valence-corrected chi connectivity index (χ2v) is 9.78. The molecular formula is C29H41N5O2. The van der Waals surface area contributed by atoms with E-state index in [1.165, 1.54) is 6.33 Å². The molecule has 7 heteroatoms. The number of nitrogens with one attached hydrogen (secondary N) is 1. The molecule has 1 aromatic heterocycles. The zero-order valence-electron chi connectivity index (χ0n) is 22.7. The summed E-state index contributed by atoms with van der Waals surface area (Å²) in [5.41, 5.74) is 3.52. The maximum atomic E-state index is 11.2. The van der Waals surface area contributed by atoms with Crippen molar-refractivity contribution in [2.24, 2.45) is 10.4 Å². The largest absolute Gasteiger partial charge is 0.359 e. The van der Waals surface area contributed by atoms with Crippen molar-refractivity contribution in [1.29, 1.82) is 0 Å². The van der Waals surface area contributed by atoms with Crippen LogP contribution in [0.25, 0.3) is 22.5 Å². The lowest BCUT2D eigenvalue weighted by molar-refractivity contribution is -0.184. The molecule has 0 bridgehead atoms. The first-order valence-electron chi connectivity index (χ1n) is 13.0. The summed E-state index contributed by atoms with van der Waals surface area (Å²) in [4.78, 5) is 11.1. The number of aromatic amines is 1. The Morgan fingerprint density at radius 1 is 0.972 bits per heavy atom. The van der Waals surface area contributed by atoms with Crippen LogP contribution in [0.1, 0.15) is 66.9 Å². The zero-order valence-corrected chi connectivity index (χ0v) is 22.7. The molecule has 1 aliphatic rings. The van der Waals surface area contributed by atoms with Gasteiger partial charge in [0.25, 0.3) is 0 Å². The molecule has 194 valence electrons. The first kappa shape index (κ1) is 27.6. The number of aliphatic hydroxyl groups is 2.